The predicted molar refractivity (Wildman–Crippen MR) is 67.5 cm³/mol. The molecule has 0 aliphatic carbocycles. The number of hydrogen-bond donors (Lipinski definition) is 2. The zero-order chi connectivity index (χ0) is 13.1. The van der Waals surface area contributed by atoms with Crippen molar-refractivity contribution in [1.82, 2.24) is 20.3 Å². The van der Waals surface area contributed by atoms with Crippen LogP contribution >= 0.6 is 0 Å². The minimum absolute atomic E-state index is 0.184. The predicted octanol–water partition coefficient (Wildman–Crippen LogP) is 1.18. The SMILES string of the molecule is CC(C)NCc1cn(CC(C)(O)C(C)C)nn1. The summed E-state index contributed by atoms with van der Waals surface area (Å²) in [5.74, 6) is 0.184. The van der Waals surface area contributed by atoms with Crippen LogP contribution in [0.5, 0.6) is 0 Å². The topological polar surface area (TPSA) is 63.0 Å². The lowest BCUT2D eigenvalue weighted by atomic mass is 9.93. The van der Waals surface area contributed by atoms with E-state index in [-0.39, 0.29) is 5.92 Å². The highest BCUT2D eigenvalue weighted by Gasteiger charge is 2.25. The number of nitrogens with one attached hydrogen (secondary N) is 1. The van der Waals surface area contributed by atoms with Gasteiger partial charge in [0.15, 0.2) is 0 Å². The molecule has 5 nitrogen and oxygen atoms in total. The molecule has 0 fully saturated rings. The van der Waals surface area contributed by atoms with E-state index in [0.29, 0.717) is 19.1 Å². The van der Waals surface area contributed by atoms with Gasteiger partial charge in [0.2, 0.25) is 0 Å². The highest BCUT2D eigenvalue weighted by atomic mass is 16.3. The zero-order valence-electron chi connectivity index (χ0n) is 11.4. The van der Waals surface area contributed by atoms with Crippen LogP contribution in [0.3, 0.4) is 0 Å². The zero-order valence-corrected chi connectivity index (χ0v) is 11.4. The first-order valence-corrected chi connectivity index (χ1v) is 6.16. The smallest absolute Gasteiger partial charge is 0.0964 e. The first-order chi connectivity index (χ1) is 7.81. The molecular weight excluding hydrogens is 216 g/mol. The Labute approximate surface area is 103 Å². The van der Waals surface area contributed by atoms with E-state index in [1.807, 2.05) is 27.0 Å². The monoisotopic (exact) mass is 240 g/mol. The quantitative estimate of drug-likeness (QED) is 0.784. The molecule has 2 N–H and O–H groups in total. The number of hydrogen-bond acceptors (Lipinski definition) is 4. The molecule has 0 aliphatic heterocycles. The molecule has 0 radical (unpaired) electrons. The molecule has 5 heteroatoms. The van der Waals surface area contributed by atoms with E-state index in [1.54, 1.807) is 4.68 Å². The van der Waals surface area contributed by atoms with E-state index < -0.39 is 5.60 Å². The number of rotatable bonds is 6. The number of aliphatic hydroxyl groups is 1. The molecule has 0 bridgehead atoms. The maximum atomic E-state index is 10.2. The van der Waals surface area contributed by atoms with E-state index in [1.165, 1.54) is 0 Å². The summed E-state index contributed by atoms with van der Waals surface area (Å²) in [7, 11) is 0. The first-order valence-electron chi connectivity index (χ1n) is 6.16. The number of aromatic nitrogens is 3. The van der Waals surface area contributed by atoms with E-state index >= 15 is 0 Å². The fourth-order valence-corrected chi connectivity index (χ4v) is 1.32. The normalized spacial score (nSPS) is 15.5. The van der Waals surface area contributed by atoms with E-state index in [0.717, 1.165) is 5.69 Å². The van der Waals surface area contributed by atoms with Gasteiger partial charge < -0.3 is 10.4 Å². The standard InChI is InChI=1S/C12H24N4O/c1-9(2)12(5,17)8-16-7-11(14-15-16)6-13-10(3)4/h7,9-10,13,17H,6,8H2,1-5H3. The van der Waals surface area contributed by atoms with Crippen molar-refractivity contribution in [2.24, 2.45) is 5.92 Å². The molecule has 1 atom stereocenters. The third kappa shape index (κ3) is 4.44. The third-order valence-corrected chi connectivity index (χ3v) is 3.00. The van der Waals surface area contributed by atoms with Crippen molar-refractivity contribution >= 4 is 0 Å². The Kier molecular flexibility index (Phi) is 4.65. The van der Waals surface area contributed by atoms with Crippen LogP contribution in [0.15, 0.2) is 6.20 Å². The van der Waals surface area contributed by atoms with Crippen molar-refractivity contribution in [2.45, 2.75) is 59.4 Å². The summed E-state index contributed by atoms with van der Waals surface area (Å²) in [5.41, 5.74) is 0.148. The van der Waals surface area contributed by atoms with Crippen molar-refractivity contribution in [3.05, 3.63) is 11.9 Å². The van der Waals surface area contributed by atoms with Crippen molar-refractivity contribution in [1.29, 1.82) is 0 Å². The summed E-state index contributed by atoms with van der Waals surface area (Å²) >= 11 is 0. The average Bonchev–Trinajstić information content (AvgIpc) is 2.61. The van der Waals surface area contributed by atoms with Crippen LogP contribution in [0.2, 0.25) is 0 Å². The lowest BCUT2D eigenvalue weighted by Gasteiger charge is -2.27. The maximum Gasteiger partial charge on any atom is 0.0964 e. The second-order valence-corrected chi connectivity index (χ2v) is 5.45. The van der Waals surface area contributed by atoms with Gasteiger partial charge in [-0.1, -0.05) is 32.9 Å². The van der Waals surface area contributed by atoms with E-state index in [2.05, 4.69) is 29.5 Å². The molecule has 0 aromatic carbocycles. The molecule has 1 aromatic rings. The molecule has 1 heterocycles. The van der Waals surface area contributed by atoms with Crippen LogP contribution in [0, 0.1) is 5.92 Å². The molecule has 0 saturated heterocycles. The summed E-state index contributed by atoms with van der Waals surface area (Å²) in [6.45, 7) is 11.2. The Bertz CT molecular complexity index is 344. The Morgan fingerprint density at radius 2 is 2.06 bits per heavy atom. The lowest BCUT2D eigenvalue weighted by molar-refractivity contribution is -0.00611. The molecule has 98 valence electrons. The second-order valence-electron chi connectivity index (χ2n) is 5.45. The minimum atomic E-state index is -0.754. The Morgan fingerprint density at radius 3 is 2.59 bits per heavy atom. The Hall–Kier alpha value is -0.940. The number of nitrogens with zero attached hydrogens (tertiary/aromatic N) is 3. The van der Waals surface area contributed by atoms with Crippen molar-refractivity contribution in [3.8, 4) is 0 Å². The van der Waals surface area contributed by atoms with Gasteiger partial charge in [0.1, 0.15) is 0 Å². The molecule has 1 unspecified atom stereocenters. The van der Waals surface area contributed by atoms with Gasteiger partial charge in [0.05, 0.1) is 17.8 Å². The molecule has 1 aromatic heterocycles. The highest BCUT2D eigenvalue weighted by Crippen LogP contribution is 2.17. The summed E-state index contributed by atoms with van der Waals surface area (Å²) in [5, 5.41) is 21.6. The van der Waals surface area contributed by atoms with Gasteiger partial charge in [-0.2, -0.15) is 0 Å². The van der Waals surface area contributed by atoms with Gasteiger partial charge in [-0.3, -0.25) is 0 Å². The molecule has 0 aliphatic rings. The van der Waals surface area contributed by atoms with Gasteiger partial charge >= 0.3 is 0 Å². The van der Waals surface area contributed by atoms with Crippen LogP contribution in [0.25, 0.3) is 0 Å². The minimum Gasteiger partial charge on any atom is -0.388 e. The van der Waals surface area contributed by atoms with Gasteiger partial charge in [-0.15, -0.1) is 5.10 Å². The van der Waals surface area contributed by atoms with Crippen LogP contribution in [0.1, 0.15) is 40.3 Å². The highest BCUT2D eigenvalue weighted by molar-refractivity contribution is 4.93. The molecule has 0 spiro atoms. The lowest BCUT2D eigenvalue weighted by Crippen LogP contribution is -2.36. The largest absolute Gasteiger partial charge is 0.388 e. The van der Waals surface area contributed by atoms with Gasteiger partial charge in [-0.05, 0) is 12.8 Å². The van der Waals surface area contributed by atoms with Crippen LogP contribution in [-0.4, -0.2) is 31.7 Å². The molecule has 0 amide bonds. The van der Waals surface area contributed by atoms with Crippen LogP contribution in [-0.2, 0) is 13.1 Å². The third-order valence-electron chi connectivity index (χ3n) is 3.00. The summed E-state index contributed by atoms with van der Waals surface area (Å²) in [4.78, 5) is 0. The maximum absolute atomic E-state index is 10.2. The van der Waals surface area contributed by atoms with Crippen LogP contribution < -0.4 is 5.32 Å². The first kappa shape index (κ1) is 14.1. The fraction of sp³-hybridized carbons (Fsp3) is 0.833. The molecular formula is C12H24N4O. The molecule has 1 rings (SSSR count). The van der Waals surface area contributed by atoms with Crippen molar-refractivity contribution in [3.63, 3.8) is 0 Å². The van der Waals surface area contributed by atoms with Gasteiger partial charge in [0.25, 0.3) is 0 Å². The second kappa shape index (κ2) is 5.60. The van der Waals surface area contributed by atoms with E-state index in [4.69, 9.17) is 0 Å². The van der Waals surface area contributed by atoms with Gasteiger partial charge in [-0.25, -0.2) is 4.68 Å². The average molecular weight is 240 g/mol. The van der Waals surface area contributed by atoms with Crippen LogP contribution in [0.4, 0.5) is 0 Å². The summed E-state index contributed by atoms with van der Waals surface area (Å²) in [6, 6.07) is 0.430. The molecule has 17 heavy (non-hydrogen) atoms. The van der Waals surface area contributed by atoms with Crippen molar-refractivity contribution < 1.29 is 5.11 Å². The Morgan fingerprint density at radius 1 is 1.41 bits per heavy atom. The summed E-state index contributed by atoms with van der Waals surface area (Å²) < 4.78 is 1.71. The van der Waals surface area contributed by atoms with Gasteiger partial charge in [0, 0.05) is 18.8 Å². The Balaban J connectivity index is 2.56. The summed E-state index contributed by atoms with van der Waals surface area (Å²) in [6.07, 6.45) is 1.88. The fourth-order valence-electron chi connectivity index (χ4n) is 1.32. The van der Waals surface area contributed by atoms with E-state index in [9.17, 15) is 5.11 Å². The molecule has 0 saturated carbocycles. The van der Waals surface area contributed by atoms with Crippen molar-refractivity contribution in [2.75, 3.05) is 0 Å².